The van der Waals surface area contributed by atoms with Crippen molar-refractivity contribution < 1.29 is 19.1 Å². The molecular formula is C23H21N5O4. The Bertz CT molecular complexity index is 1270. The summed E-state index contributed by atoms with van der Waals surface area (Å²) in [6.45, 7) is 0.309. The van der Waals surface area contributed by atoms with Crippen molar-refractivity contribution >= 4 is 17.7 Å². The molecule has 0 radical (unpaired) electrons. The van der Waals surface area contributed by atoms with Crippen LogP contribution in [0, 0.1) is 0 Å². The maximum Gasteiger partial charge on any atom is 0.255 e. The summed E-state index contributed by atoms with van der Waals surface area (Å²) in [5.41, 5.74) is 4.64. The second-order valence-electron chi connectivity index (χ2n) is 7.91. The summed E-state index contributed by atoms with van der Waals surface area (Å²) in [4.78, 5) is 38.2. The van der Waals surface area contributed by atoms with Gasteiger partial charge in [-0.25, -0.2) is 4.68 Å². The molecule has 1 unspecified atom stereocenters. The van der Waals surface area contributed by atoms with Crippen LogP contribution in [0.4, 0.5) is 0 Å². The van der Waals surface area contributed by atoms with E-state index in [-0.39, 0.29) is 18.2 Å². The number of hydrogen-bond donors (Lipinski definition) is 1. The zero-order valence-electron chi connectivity index (χ0n) is 17.7. The van der Waals surface area contributed by atoms with Gasteiger partial charge in [-0.15, -0.1) is 5.10 Å². The Morgan fingerprint density at radius 1 is 1.09 bits per heavy atom. The number of rotatable bonds is 4. The zero-order chi connectivity index (χ0) is 22.4. The molecule has 162 valence electrons. The first kappa shape index (κ1) is 19.9. The number of piperidine rings is 1. The molecule has 1 N–H and O–H groups in total. The van der Waals surface area contributed by atoms with Crippen LogP contribution >= 0.6 is 0 Å². The van der Waals surface area contributed by atoms with Crippen LogP contribution in [0.5, 0.6) is 5.75 Å². The van der Waals surface area contributed by atoms with Crippen molar-refractivity contribution in [1.29, 1.82) is 0 Å². The van der Waals surface area contributed by atoms with Gasteiger partial charge in [0.05, 0.1) is 12.8 Å². The fraction of sp³-hybridized carbons (Fsp3) is 0.261. The smallest absolute Gasteiger partial charge is 0.255 e. The van der Waals surface area contributed by atoms with Crippen molar-refractivity contribution in [3.63, 3.8) is 0 Å². The third-order valence-electron chi connectivity index (χ3n) is 5.97. The standard InChI is InChI=1S/C23H21N5O4/c1-27-21(14-4-3-5-16(11-14)32-2)20(25-26-27)13-6-7-17-15(10-13)12-28(23(17)31)18-8-9-19(29)24-22(18)30/h3-7,10-11,18H,8-9,12H2,1-2H3,(H,24,29,30). The number of methoxy groups -OCH3 is 1. The average Bonchev–Trinajstić information content (AvgIpc) is 3.33. The van der Waals surface area contributed by atoms with Gasteiger partial charge in [0.15, 0.2) is 0 Å². The number of nitrogens with one attached hydrogen (secondary N) is 1. The normalized spacial score (nSPS) is 18.0. The highest BCUT2D eigenvalue weighted by Crippen LogP contribution is 2.35. The number of carbonyl (C=O) groups is 3. The van der Waals surface area contributed by atoms with Crippen LogP contribution in [0.3, 0.4) is 0 Å². The molecule has 1 atom stereocenters. The Kier molecular flexibility index (Phi) is 4.73. The summed E-state index contributed by atoms with van der Waals surface area (Å²) >= 11 is 0. The first-order valence-electron chi connectivity index (χ1n) is 10.3. The molecule has 1 aromatic heterocycles. The lowest BCUT2D eigenvalue weighted by atomic mass is 10.0. The van der Waals surface area contributed by atoms with E-state index in [0.29, 0.717) is 24.2 Å². The predicted molar refractivity (Wildman–Crippen MR) is 114 cm³/mol. The van der Waals surface area contributed by atoms with Crippen molar-refractivity contribution in [3.8, 4) is 28.3 Å². The number of carbonyl (C=O) groups excluding carboxylic acids is 3. The van der Waals surface area contributed by atoms with E-state index in [1.54, 1.807) is 17.9 Å². The number of nitrogens with zero attached hydrogens (tertiary/aromatic N) is 4. The second kappa shape index (κ2) is 7.60. The number of fused-ring (bicyclic) bond motifs is 1. The minimum atomic E-state index is -0.639. The number of aromatic nitrogens is 3. The van der Waals surface area contributed by atoms with Gasteiger partial charge < -0.3 is 9.64 Å². The molecule has 0 bridgehead atoms. The Hall–Kier alpha value is -4.01. The highest BCUT2D eigenvalue weighted by molar-refractivity contribution is 6.05. The first-order valence-corrected chi connectivity index (χ1v) is 10.3. The van der Waals surface area contributed by atoms with E-state index in [4.69, 9.17) is 4.74 Å². The van der Waals surface area contributed by atoms with E-state index in [9.17, 15) is 14.4 Å². The maximum absolute atomic E-state index is 12.9. The Morgan fingerprint density at radius 2 is 1.94 bits per heavy atom. The summed E-state index contributed by atoms with van der Waals surface area (Å²) in [5.74, 6) is -0.190. The molecule has 3 amide bonds. The lowest BCUT2D eigenvalue weighted by Gasteiger charge is -2.29. The molecule has 3 aromatic rings. The second-order valence-corrected chi connectivity index (χ2v) is 7.91. The number of aryl methyl sites for hydroxylation is 1. The van der Waals surface area contributed by atoms with Crippen LogP contribution < -0.4 is 10.1 Å². The molecule has 0 saturated carbocycles. The SMILES string of the molecule is COc1cccc(-c2c(-c3ccc4c(c3)CN(C3CCC(=O)NC3=O)C4=O)nnn2C)c1. The Morgan fingerprint density at radius 3 is 2.72 bits per heavy atom. The maximum atomic E-state index is 12.9. The van der Waals surface area contributed by atoms with Gasteiger partial charge in [-0.1, -0.05) is 23.4 Å². The van der Waals surface area contributed by atoms with Crippen LogP contribution in [0.2, 0.25) is 0 Å². The third-order valence-corrected chi connectivity index (χ3v) is 5.97. The molecule has 9 nitrogen and oxygen atoms in total. The van der Waals surface area contributed by atoms with Gasteiger partial charge in [0, 0.05) is 36.7 Å². The topological polar surface area (TPSA) is 106 Å². The highest BCUT2D eigenvalue weighted by atomic mass is 16.5. The molecule has 3 heterocycles. The van der Waals surface area contributed by atoms with E-state index < -0.39 is 11.9 Å². The van der Waals surface area contributed by atoms with E-state index in [2.05, 4.69) is 15.6 Å². The number of imide groups is 1. The zero-order valence-corrected chi connectivity index (χ0v) is 17.7. The summed E-state index contributed by atoms with van der Waals surface area (Å²) in [6, 6.07) is 12.6. The average molecular weight is 431 g/mol. The molecular weight excluding hydrogens is 410 g/mol. The molecule has 2 aliphatic rings. The van der Waals surface area contributed by atoms with Gasteiger partial charge in [-0.2, -0.15) is 0 Å². The molecule has 9 heteroatoms. The fourth-order valence-corrected chi connectivity index (χ4v) is 4.37. The fourth-order valence-electron chi connectivity index (χ4n) is 4.37. The van der Waals surface area contributed by atoms with Crippen LogP contribution in [-0.2, 0) is 23.2 Å². The lowest BCUT2D eigenvalue weighted by molar-refractivity contribution is -0.136. The van der Waals surface area contributed by atoms with Gasteiger partial charge >= 0.3 is 0 Å². The van der Waals surface area contributed by atoms with Gasteiger partial charge in [-0.05, 0) is 36.2 Å². The van der Waals surface area contributed by atoms with E-state index >= 15 is 0 Å². The van der Waals surface area contributed by atoms with E-state index in [0.717, 1.165) is 28.1 Å². The summed E-state index contributed by atoms with van der Waals surface area (Å²) in [5, 5.41) is 10.9. The molecule has 2 aromatic carbocycles. The summed E-state index contributed by atoms with van der Waals surface area (Å²) in [7, 11) is 3.44. The van der Waals surface area contributed by atoms with Crippen molar-refractivity contribution in [2.24, 2.45) is 7.05 Å². The monoisotopic (exact) mass is 431 g/mol. The van der Waals surface area contributed by atoms with Crippen LogP contribution in [-0.4, -0.2) is 50.8 Å². The molecule has 5 rings (SSSR count). The van der Waals surface area contributed by atoms with Crippen LogP contribution in [0.25, 0.3) is 22.5 Å². The molecule has 32 heavy (non-hydrogen) atoms. The molecule has 0 spiro atoms. The van der Waals surface area contributed by atoms with Gasteiger partial charge in [0.1, 0.15) is 17.5 Å². The largest absolute Gasteiger partial charge is 0.497 e. The summed E-state index contributed by atoms with van der Waals surface area (Å²) in [6.07, 6.45) is 0.562. The number of benzene rings is 2. The van der Waals surface area contributed by atoms with Crippen molar-refractivity contribution in [2.75, 3.05) is 7.11 Å². The summed E-state index contributed by atoms with van der Waals surface area (Å²) < 4.78 is 7.06. The molecule has 2 aliphatic heterocycles. The molecule has 0 aliphatic carbocycles. The van der Waals surface area contributed by atoms with Crippen molar-refractivity contribution in [1.82, 2.24) is 25.2 Å². The van der Waals surface area contributed by atoms with Crippen molar-refractivity contribution in [3.05, 3.63) is 53.6 Å². The molecule has 1 saturated heterocycles. The van der Waals surface area contributed by atoms with Gasteiger partial charge in [-0.3, -0.25) is 19.7 Å². The third kappa shape index (κ3) is 3.22. The molecule has 1 fully saturated rings. The quantitative estimate of drug-likeness (QED) is 0.633. The Balaban J connectivity index is 1.49. The van der Waals surface area contributed by atoms with Crippen LogP contribution in [0.1, 0.15) is 28.8 Å². The number of ether oxygens (including phenoxy) is 1. The van der Waals surface area contributed by atoms with Gasteiger partial charge in [0.25, 0.3) is 5.91 Å². The minimum Gasteiger partial charge on any atom is -0.497 e. The number of amides is 3. The minimum absolute atomic E-state index is 0.201. The highest BCUT2D eigenvalue weighted by Gasteiger charge is 2.39. The predicted octanol–water partition coefficient (Wildman–Crippen LogP) is 1.92. The van der Waals surface area contributed by atoms with Crippen molar-refractivity contribution in [2.45, 2.75) is 25.4 Å². The lowest BCUT2D eigenvalue weighted by Crippen LogP contribution is -2.52. The Labute approximate surface area is 184 Å². The first-order chi connectivity index (χ1) is 15.5. The van der Waals surface area contributed by atoms with Gasteiger partial charge in [0.2, 0.25) is 11.8 Å². The van der Waals surface area contributed by atoms with Crippen LogP contribution in [0.15, 0.2) is 42.5 Å². The number of hydrogen-bond acceptors (Lipinski definition) is 6. The van der Waals surface area contributed by atoms with E-state index in [1.165, 1.54) is 4.90 Å². The van der Waals surface area contributed by atoms with E-state index in [1.807, 2.05) is 43.4 Å².